The molecule has 2 saturated heterocycles. The van der Waals surface area contributed by atoms with Gasteiger partial charge in [0.2, 0.25) is 10.0 Å². The Bertz CT molecular complexity index is 918. The molecule has 8 heteroatoms. The Kier molecular flexibility index (Phi) is 5.18. The molecule has 2 aliphatic heterocycles. The molecule has 4 rings (SSSR count). The van der Waals surface area contributed by atoms with E-state index in [0.717, 1.165) is 19.3 Å². The number of pyridine rings is 1. The fourth-order valence-corrected chi connectivity index (χ4v) is 4.96. The molecule has 0 aliphatic carbocycles. The molecule has 28 heavy (non-hydrogen) atoms. The van der Waals surface area contributed by atoms with Gasteiger partial charge in [0.1, 0.15) is 0 Å². The molecule has 0 saturated carbocycles. The highest BCUT2D eigenvalue weighted by atomic mass is 32.2. The van der Waals surface area contributed by atoms with Gasteiger partial charge in [-0.2, -0.15) is 0 Å². The Labute approximate surface area is 164 Å². The van der Waals surface area contributed by atoms with E-state index in [4.69, 9.17) is 4.74 Å². The number of sulfonamides is 1. The standard InChI is InChI=1S/C20H23N3O4S/c24-19(16-5-4-10-21-14-16)23-11-8-20(9-12-23)13-17(27-20)15-22-28(25,26)18-6-2-1-3-7-18/h1-7,10,14,17,22H,8-9,11-13,15H2/t17-/m1/s1. The van der Waals surface area contributed by atoms with Crippen molar-refractivity contribution in [2.45, 2.75) is 35.9 Å². The lowest BCUT2D eigenvalue weighted by atomic mass is 9.80. The summed E-state index contributed by atoms with van der Waals surface area (Å²) in [5.74, 6) is -0.00514. The second-order valence-corrected chi connectivity index (χ2v) is 9.09. The molecule has 148 valence electrons. The first-order valence-electron chi connectivity index (χ1n) is 9.39. The third kappa shape index (κ3) is 3.94. The first-order valence-corrected chi connectivity index (χ1v) is 10.9. The van der Waals surface area contributed by atoms with Crippen LogP contribution in [-0.4, -0.2) is 55.5 Å². The van der Waals surface area contributed by atoms with Crippen molar-refractivity contribution >= 4 is 15.9 Å². The summed E-state index contributed by atoms with van der Waals surface area (Å²) in [7, 11) is -3.51. The van der Waals surface area contributed by atoms with Gasteiger partial charge in [0.15, 0.2) is 0 Å². The van der Waals surface area contributed by atoms with Crippen LogP contribution in [-0.2, 0) is 14.8 Å². The average molecular weight is 401 g/mol. The van der Waals surface area contributed by atoms with E-state index in [1.165, 1.54) is 0 Å². The van der Waals surface area contributed by atoms with Crippen LogP contribution in [0, 0.1) is 0 Å². The van der Waals surface area contributed by atoms with Crippen molar-refractivity contribution < 1.29 is 17.9 Å². The molecule has 1 spiro atoms. The number of hydrogen-bond donors (Lipinski definition) is 1. The maximum atomic E-state index is 12.5. The van der Waals surface area contributed by atoms with Crippen LogP contribution in [0.2, 0.25) is 0 Å². The summed E-state index contributed by atoms with van der Waals surface area (Å²) >= 11 is 0. The molecule has 7 nitrogen and oxygen atoms in total. The first-order chi connectivity index (χ1) is 13.5. The predicted molar refractivity (Wildman–Crippen MR) is 103 cm³/mol. The number of ether oxygens (including phenoxy) is 1. The molecule has 0 bridgehead atoms. The topological polar surface area (TPSA) is 88.6 Å². The number of rotatable bonds is 5. The van der Waals surface area contributed by atoms with E-state index in [1.54, 1.807) is 54.9 Å². The Hall–Kier alpha value is -2.29. The molecule has 2 aromatic rings. The summed E-state index contributed by atoms with van der Waals surface area (Å²) in [6, 6.07) is 11.8. The van der Waals surface area contributed by atoms with Gasteiger partial charge in [-0.15, -0.1) is 0 Å². The molecule has 3 heterocycles. The van der Waals surface area contributed by atoms with Crippen molar-refractivity contribution in [2.24, 2.45) is 0 Å². The lowest BCUT2D eigenvalue weighted by Crippen LogP contribution is -2.59. The Morgan fingerprint density at radius 1 is 1.18 bits per heavy atom. The Morgan fingerprint density at radius 3 is 2.54 bits per heavy atom. The molecule has 0 radical (unpaired) electrons. The second kappa shape index (κ2) is 7.62. The van der Waals surface area contributed by atoms with Crippen molar-refractivity contribution in [3.05, 3.63) is 60.4 Å². The molecule has 1 aromatic carbocycles. The van der Waals surface area contributed by atoms with Gasteiger partial charge in [0.05, 0.1) is 22.2 Å². The average Bonchev–Trinajstić information content (AvgIpc) is 2.72. The number of hydrogen-bond acceptors (Lipinski definition) is 5. The maximum absolute atomic E-state index is 12.5. The number of amides is 1. The summed E-state index contributed by atoms with van der Waals surface area (Å²) in [5.41, 5.74) is 0.371. The third-order valence-electron chi connectivity index (χ3n) is 5.44. The highest BCUT2D eigenvalue weighted by Gasteiger charge is 2.47. The number of piperidine rings is 1. The van der Waals surface area contributed by atoms with Crippen LogP contribution >= 0.6 is 0 Å². The summed E-state index contributed by atoms with van der Waals surface area (Å²) in [4.78, 5) is 18.6. The van der Waals surface area contributed by atoms with Crippen molar-refractivity contribution in [2.75, 3.05) is 19.6 Å². The maximum Gasteiger partial charge on any atom is 0.255 e. The van der Waals surface area contributed by atoms with Crippen molar-refractivity contribution in [3.63, 3.8) is 0 Å². The van der Waals surface area contributed by atoms with E-state index in [-0.39, 0.29) is 29.1 Å². The van der Waals surface area contributed by atoms with Crippen molar-refractivity contribution in [1.29, 1.82) is 0 Å². The van der Waals surface area contributed by atoms with Gasteiger partial charge in [-0.25, -0.2) is 13.1 Å². The molecule has 0 unspecified atom stereocenters. The van der Waals surface area contributed by atoms with Crippen LogP contribution in [0.15, 0.2) is 59.8 Å². The van der Waals surface area contributed by atoms with Crippen LogP contribution in [0.3, 0.4) is 0 Å². The van der Waals surface area contributed by atoms with Crippen LogP contribution in [0.1, 0.15) is 29.6 Å². The lowest BCUT2D eigenvalue weighted by molar-refractivity contribution is -0.219. The number of aromatic nitrogens is 1. The second-order valence-electron chi connectivity index (χ2n) is 7.33. The highest BCUT2D eigenvalue weighted by molar-refractivity contribution is 7.89. The first kappa shape index (κ1) is 19.0. The van der Waals surface area contributed by atoms with Gasteiger partial charge in [0, 0.05) is 38.4 Å². The normalized spacial score (nSPS) is 21.3. The minimum absolute atomic E-state index is 0.00514. The lowest BCUT2D eigenvalue weighted by Gasteiger charge is -2.52. The zero-order chi connectivity index (χ0) is 19.6. The van der Waals surface area contributed by atoms with E-state index in [0.29, 0.717) is 18.7 Å². The number of carbonyl (C=O) groups excluding carboxylic acids is 1. The summed E-state index contributed by atoms with van der Waals surface area (Å²) in [5, 5.41) is 0. The molecule has 1 amide bonds. The largest absolute Gasteiger partial charge is 0.370 e. The fourth-order valence-electron chi connectivity index (χ4n) is 3.87. The quantitative estimate of drug-likeness (QED) is 0.826. The van der Waals surface area contributed by atoms with Gasteiger partial charge < -0.3 is 9.64 Å². The number of benzene rings is 1. The number of nitrogens with one attached hydrogen (secondary N) is 1. The van der Waals surface area contributed by atoms with E-state index in [2.05, 4.69) is 9.71 Å². The third-order valence-corrected chi connectivity index (χ3v) is 6.88. The Balaban J connectivity index is 1.25. The predicted octanol–water partition coefficient (Wildman–Crippen LogP) is 1.82. The minimum atomic E-state index is -3.51. The van der Waals surface area contributed by atoms with Gasteiger partial charge >= 0.3 is 0 Å². The summed E-state index contributed by atoms with van der Waals surface area (Å²) < 4.78 is 33.2. The Morgan fingerprint density at radius 2 is 1.89 bits per heavy atom. The summed E-state index contributed by atoms with van der Waals surface area (Å²) in [6.45, 7) is 1.53. The fraction of sp³-hybridized carbons (Fsp3) is 0.400. The smallest absolute Gasteiger partial charge is 0.255 e. The van der Waals surface area contributed by atoms with Gasteiger partial charge in [-0.1, -0.05) is 18.2 Å². The summed E-state index contributed by atoms with van der Waals surface area (Å²) in [6.07, 6.45) is 5.44. The molecule has 1 N–H and O–H groups in total. The van der Waals surface area contributed by atoms with Crippen LogP contribution < -0.4 is 4.72 Å². The van der Waals surface area contributed by atoms with Crippen LogP contribution in [0.4, 0.5) is 0 Å². The number of nitrogens with zero attached hydrogens (tertiary/aromatic N) is 2. The number of likely N-dealkylation sites (tertiary alicyclic amines) is 1. The van der Waals surface area contributed by atoms with Crippen LogP contribution in [0.25, 0.3) is 0 Å². The zero-order valence-corrected chi connectivity index (χ0v) is 16.3. The van der Waals surface area contributed by atoms with E-state index >= 15 is 0 Å². The monoisotopic (exact) mass is 401 g/mol. The molecular weight excluding hydrogens is 378 g/mol. The van der Waals surface area contributed by atoms with E-state index < -0.39 is 10.0 Å². The highest BCUT2D eigenvalue weighted by Crippen LogP contribution is 2.41. The minimum Gasteiger partial charge on any atom is -0.370 e. The number of carbonyl (C=O) groups is 1. The van der Waals surface area contributed by atoms with Crippen molar-refractivity contribution in [3.8, 4) is 0 Å². The molecule has 2 aliphatic rings. The van der Waals surface area contributed by atoms with E-state index in [1.807, 2.05) is 4.90 Å². The van der Waals surface area contributed by atoms with Gasteiger partial charge in [-0.05, 0) is 37.1 Å². The van der Waals surface area contributed by atoms with E-state index in [9.17, 15) is 13.2 Å². The SMILES string of the molecule is O=C(c1cccnc1)N1CCC2(CC1)C[C@H](CNS(=O)(=O)c1ccccc1)O2. The molecular formula is C20H23N3O4S. The van der Waals surface area contributed by atoms with Gasteiger partial charge in [0.25, 0.3) is 5.91 Å². The van der Waals surface area contributed by atoms with Crippen LogP contribution in [0.5, 0.6) is 0 Å². The zero-order valence-electron chi connectivity index (χ0n) is 15.5. The molecule has 1 atom stereocenters. The molecule has 1 aromatic heterocycles. The van der Waals surface area contributed by atoms with Crippen molar-refractivity contribution in [1.82, 2.24) is 14.6 Å². The van der Waals surface area contributed by atoms with Gasteiger partial charge in [-0.3, -0.25) is 9.78 Å². The molecule has 2 fully saturated rings.